The number of rotatable bonds is 5. The van der Waals surface area contributed by atoms with Gasteiger partial charge in [-0.05, 0) is 29.8 Å². The molecule has 3 rings (SSSR count). The summed E-state index contributed by atoms with van der Waals surface area (Å²) < 4.78 is 33.5. The van der Waals surface area contributed by atoms with Crippen LogP contribution in [-0.2, 0) is 6.54 Å². The maximum absolute atomic E-state index is 13.7. The quantitative estimate of drug-likeness (QED) is 0.751. The SMILES string of the molecule is COc1c(F)cc(CNc2ccc3nccn3c2C(=O)O)cc1F. The van der Waals surface area contributed by atoms with Crippen molar-refractivity contribution >= 4 is 17.3 Å². The highest BCUT2D eigenvalue weighted by Crippen LogP contribution is 2.24. The Morgan fingerprint density at radius 2 is 2.04 bits per heavy atom. The van der Waals surface area contributed by atoms with Crippen LogP contribution in [0.2, 0.25) is 0 Å². The van der Waals surface area contributed by atoms with Crippen LogP contribution >= 0.6 is 0 Å². The number of benzene rings is 1. The van der Waals surface area contributed by atoms with E-state index in [4.69, 9.17) is 0 Å². The van der Waals surface area contributed by atoms with Gasteiger partial charge in [-0.25, -0.2) is 18.6 Å². The molecule has 0 radical (unpaired) electrons. The van der Waals surface area contributed by atoms with E-state index < -0.39 is 23.4 Å². The number of ether oxygens (including phenoxy) is 1. The van der Waals surface area contributed by atoms with Crippen molar-refractivity contribution < 1.29 is 23.4 Å². The number of hydrogen-bond donors (Lipinski definition) is 2. The number of carboxylic acid groups (broad SMARTS) is 1. The molecule has 0 fully saturated rings. The molecule has 0 aliphatic rings. The number of halogens is 2. The molecule has 0 aliphatic carbocycles. The average Bonchev–Trinajstić information content (AvgIpc) is 3.00. The van der Waals surface area contributed by atoms with Gasteiger partial charge < -0.3 is 15.2 Å². The third-order valence-electron chi connectivity index (χ3n) is 3.51. The van der Waals surface area contributed by atoms with Crippen molar-refractivity contribution in [3.05, 3.63) is 59.6 Å². The predicted octanol–water partition coefficient (Wildman–Crippen LogP) is 2.93. The van der Waals surface area contributed by atoms with Crippen LogP contribution in [0.5, 0.6) is 5.75 Å². The van der Waals surface area contributed by atoms with Gasteiger partial charge in [-0.15, -0.1) is 0 Å². The number of carbonyl (C=O) groups is 1. The first-order valence-electron chi connectivity index (χ1n) is 6.96. The first kappa shape index (κ1) is 15.7. The molecule has 0 bridgehead atoms. The average molecular weight is 333 g/mol. The lowest BCUT2D eigenvalue weighted by molar-refractivity contribution is 0.0690. The number of nitrogens with zero attached hydrogens (tertiary/aromatic N) is 2. The largest absolute Gasteiger partial charge is 0.491 e. The van der Waals surface area contributed by atoms with Crippen molar-refractivity contribution in [3.8, 4) is 5.75 Å². The van der Waals surface area contributed by atoms with Crippen LogP contribution in [-0.4, -0.2) is 27.6 Å². The molecule has 6 nitrogen and oxygen atoms in total. The Labute approximate surface area is 135 Å². The topological polar surface area (TPSA) is 75.9 Å². The molecule has 124 valence electrons. The molecule has 0 unspecified atom stereocenters. The lowest BCUT2D eigenvalue weighted by Crippen LogP contribution is -2.11. The number of nitrogens with one attached hydrogen (secondary N) is 1. The fourth-order valence-corrected chi connectivity index (χ4v) is 2.46. The van der Waals surface area contributed by atoms with E-state index in [1.54, 1.807) is 12.1 Å². The van der Waals surface area contributed by atoms with Crippen molar-refractivity contribution in [1.82, 2.24) is 9.38 Å². The van der Waals surface area contributed by atoms with Crippen LogP contribution in [0.25, 0.3) is 5.65 Å². The molecule has 8 heteroatoms. The van der Waals surface area contributed by atoms with Crippen LogP contribution in [0.4, 0.5) is 14.5 Å². The van der Waals surface area contributed by atoms with Crippen LogP contribution in [0.3, 0.4) is 0 Å². The molecule has 0 atom stereocenters. The Morgan fingerprint density at radius 1 is 1.33 bits per heavy atom. The number of carboxylic acids is 1. The van der Waals surface area contributed by atoms with Gasteiger partial charge in [-0.3, -0.25) is 4.40 Å². The minimum atomic E-state index is -1.15. The summed E-state index contributed by atoms with van der Waals surface area (Å²) in [4.78, 5) is 15.5. The summed E-state index contributed by atoms with van der Waals surface area (Å²) in [5, 5.41) is 12.3. The van der Waals surface area contributed by atoms with Gasteiger partial charge in [0.2, 0.25) is 0 Å². The van der Waals surface area contributed by atoms with Gasteiger partial charge in [0.15, 0.2) is 23.1 Å². The molecular formula is C16H13F2N3O3. The summed E-state index contributed by atoms with van der Waals surface area (Å²) >= 11 is 0. The second kappa shape index (κ2) is 6.15. The Balaban J connectivity index is 1.91. The summed E-state index contributed by atoms with van der Waals surface area (Å²) in [5.74, 6) is -3.24. The summed E-state index contributed by atoms with van der Waals surface area (Å²) in [6.45, 7) is 0.0400. The standard InChI is InChI=1S/C16H13F2N3O3/c1-24-15-10(17)6-9(7-11(15)18)8-20-12-2-3-13-19-4-5-21(13)14(12)16(22)23/h2-7,20H,8H2,1H3,(H,22,23). The van der Waals surface area contributed by atoms with Gasteiger partial charge in [0.25, 0.3) is 0 Å². The predicted molar refractivity (Wildman–Crippen MR) is 82.4 cm³/mol. The number of aromatic carboxylic acids is 1. The molecule has 24 heavy (non-hydrogen) atoms. The summed E-state index contributed by atoms with van der Waals surface area (Å²) in [6, 6.07) is 5.46. The van der Waals surface area contributed by atoms with E-state index in [2.05, 4.69) is 15.0 Å². The fraction of sp³-hybridized carbons (Fsp3) is 0.125. The summed E-state index contributed by atoms with van der Waals surface area (Å²) in [6.07, 6.45) is 3.01. The maximum atomic E-state index is 13.7. The van der Waals surface area contributed by atoms with Crippen LogP contribution in [0.15, 0.2) is 36.7 Å². The Bertz CT molecular complexity index is 901. The minimum Gasteiger partial charge on any atom is -0.491 e. The second-order valence-electron chi connectivity index (χ2n) is 5.00. The molecule has 0 amide bonds. The van der Waals surface area contributed by atoms with Crippen molar-refractivity contribution in [2.24, 2.45) is 0 Å². The highest BCUT2D eigenvalue weighted by atomic mass is 19.1. The van der Waals surface area contributed by atoms with Crippen LogP contribution in [0, 0.1) is 11.6 Å². The number of anilines is 1. The number of aromatic nitrogens is 2. The third kappa shape index (κ3) is 2.73. The highest BCUT2D eigenvalue weighted by Gasteiger charge is 2.16. The van der Waals surface area contributed by atoms with Crippen molar-refractivity contribution in [1.29, 1.82) is 0 Å². The molecule has 0 aliphatic heterocycles. The molecular weight excluding hydrogens is 320 g/mol. The zero-order valence-electron chi connectivity index (χ0n) is 12.6. The van der Waals surface area contributed by atoms with E-state index in [0.717, 1.165) is 12.1 Å². The van der Waals surface area contributed by atoms with Crippen molar-refractivity contribution in [2.75, 3.05) is 12.4 Å². The molecule has 0 spiro atoms. The van der Waals surface area contributed by atoms with Gasteiger partial charge in [-0.2, -0.15) is 0 Å². The molecule has 0 saturated carbocycles. The lowest BCUT2D eigenvalue weighted by atomic mass is 10.2. The molecule has 1 aromatic carbocycles. The molecule has 2 N–H and O–H groups in total. The smallest absolute Gasteiger partial charge is 0.355 e. The number of pyridine rings is 1. The number of imidazole rings is 1. The number of fused-ring (bicyclic) bond motifs is 1. The Morgan fingerprint density at radius 3 is 2.67 bits per heavy atom. The third-order valence-corrected chi connectivity index (χ3v) is 3.51. The van der Waals surface area contributed by atoms with Crippen molar-refractivity contribution in [2.45, 2.75) is 6.54 Å². The first-order chi connectivity index (χ1) is 11.5. The van der Waals surface area contributed by atoms with E-state index in [-0.39, 0.29) is 12.2 Å². The summed E-state index contributed by atoms with van der Waals surface area (Å²) in [7, 11) is 1.18. The number of hydrogen-bond acceptors (Lipinski definition) is 4. The molecule has 0 saturated heterocycles. The van der Waals surface area contributed by atoms with Gasteiger partial charge in [-0.1, -0.05) is 0 Å². The van der Waals surface area contributed by atoms with Crippen molar-refractivity contribution in [3.63, 3.8) is 0 Å². The van der Waals surface area contributed by atoms with Gasteiger partial charge in [0, 0.05) is 18.9 Å². The van der Waals surface area contributed by atoms with Gasteiger partial charge in [0.05, 0.1) is 12.8 Å². The van der Waals surface area contributed by atoms with Gasteiger partial charge in [0.1, 0.15) is 5.65 Å². The minimum absolute atomic E-state index is 0.0144. The summed E-state index contributed by atoms with van der Waals surface area (Å²) in [5.41, 5.74) is 1.09. The lowest BCUT2D eigenvalue weighted by Gasteiger charge is -2.12. The highest BCUT2D eigenvalue weighted by molar-refractivity contribution is 5.93. The fourth-order valence-electron chi connectivity index (χ4n) is 2.46. The van der Waals surface area contributed by atoms with E-state index in [1.807, 2.05) is 0 Å². The Hall–Kier alpha value is -3.16. The molecule has 2 heterocycles. The molecule has 2 aromatic heterocycles. The van der Waals surface area contributed by atoms with Gasteiger partial charge >= 0.3 is 5.97 Å². The second-order valence-corrected chi connectivity index (χ2v) is 5.00. The Kier molecular flexibility index (Phi) is 4.03. The van der Waals surface area contributed by atoms with Crippen LogP contribution < -0.4 is 10.1 Å². The van der Waals surface area contributed by atoms with E-state index in [0.29, 0.717) is 16.9 Å². The monoisotopic (exact) mass is 333 g/mol. The maximum Gasteiger partial charge on any atom is 0.355 e. The zero-order valence-corrected chi connectivity index (χ0v) is 12.6. The van der Waals surface area contributed by atoms with Crippen LogP contribution in [0.1, 0.15) is 16.1 Å². The zero-order chi connectivity index (χ0) is 17.3. The molecule has 3 aromatic rings. The van der Waals surface area contributed by atoms with E-state index in [1.165, 1.54) is 23.9 Å². The first-order valence-corrected chi connectivity index (χ1v) is 6.96. The van der Waals surface area contributed by atoms with E-state index in [9.17, 15) is 18.7 Å². The normalized spacial score (nSPS) is 10.8. The van der Waals surface area contributed by atoms with E-state index >= 15 is 0 Å². The number of methoxy groups -OCH3 is 1.